The van der Waals surface area contributed by atoms with Gasteiger partial charge in [0, 0.05) is 4.90 Å². The molecule has 0 atom stereocenters. The standard InChI is InChI=1S/C7H5FO2S/c8-6-2-5(11)1-4(3-9)7(6)10/h1-3,10-11H. The van der Waals surface area contributed by atoms with Gasteiger partial charge in [-0.05, 0) is 12.1 Å². The van der Waals surface area contributed by atoms with E-state index in [9.17, 15) is 9.18 Å². The fraction of sp³-hybridized carbons (Fsp3) is 0. The van der Waals surface area contributed by atoms with Crippen molar-refractivity contribution in [2.45, 2.75) is 4.90 Å². The number of benzene rings is 1. The fourth-order valence-corrected chi connectivity index (χ4v) is 0.948. The molecule has 0 saturated carbocycles. The number of phenols is 1. The van der Waals surface area contributed by atoms with Gasteiger partial charge < -0.3 is 5.11 Å². The van der Waals surface area contributed by atoms with Crippen molar-refractivity contribution in [2.75, 3.05) is 0 Å². The van der Waals surface area contributed by atoms with Crippen molar-refractivity contribution in [2.24, 2.45) is 0 Å². The normalized spacial score (nSPS) is 9.64. The van der Waals surface area contributed by atoms with Gasteiger partial charge in [0.05, 0.1) is 5.56 Å². The Morgan fingerprint density at radius 1 is 1.55 bits per heavy atom. The summed E-state index contributed by atoms with van der Waals surface area (Å²) in [6, 6.07) is 2.32. The zero-order valence-electron chi connectivity index (χ0n) is 5.41. The number of thiol groups is 1. The van der Waals surface area contributed by atoms with Crippen molar-refractivity contribution >= 4 is 18.9 Å². The van der Waals surface area contributed by atoms with Crippen LogP contribution in [-0.2, 0) is 0 Å². The van der Waals surface area contributed by atoms with Crippen LogP contribution in [0.25, 0.3) is 0 Å². The molecule has 4 heteroatoms. The number of aldehydes is 1. The zero-order valence-corrected chi connectivity index (χ0v) is 6.31. The van der Waals surface area contributed by atoms with Gasteiger partial charge in [0.2, 0.25) is 0 Å². The Balaban J connectivity index is 3.35. The van der Waals surface area contributed by atoms with E-state index in [1.165, 1.54) is 6.07 Å². The van der Waals surface area contributed by atoms with Gasteiger partial charge in [-0.25, -0.2) is 4.39 Å². The Morgan fingerprint density at radius 3 is 2.73 bits per heavy atom. The van der Waals surface area contributed by atoms with Crippen LogP contribution >= 0.6 is 12.6 Å². The average molecular weight is 172 g/mol. The molecule has 1 rings (SSSR count). The number of aromatic hydroxyl groups is 1. The summed E-state index contributed by atoms with van der Waals surface area (Å²) in [5, 5.41) is 8.88. The van der Waals surface area contributed by atoms with Crippen LogP contribution in [0.5, 0.6) is 5.75 Å². The van der Waals surface area contributed by atoms with Gasteiger partial charge in [-0.2, -0.15) is 0 Å². The van der Waals surface area contributed by atoms with Gasteiger partial charge in [0.25, 0.3) is 0 Å². The first-order valence-electron chi connectivity index (χ1n) is 2.82. The summed E-state index contributed by atoms with van der Waals surface area (Å²) >= 11 is 3.82. The van der Waals surface area contributed by atoms with E-state index < -0.39 is 11.6 Å². The molecule has 0 bridgehead atoms. The lowest BCUT2D eigenvalue weighted by Gasteiger charge is -1.98. The summed E-state index contributed by atoms with van der Waals surface area (Å²) in [5.41, 5.74) is -0.0880. The predicted molar refractivity (Wildman–Crippen MR) is 40.7 cm³/mol. The van der Waals surface area contributed by atoms with E-state index in [0.29, 0.717) is 11.2 Å². The third-order valence-corrected chi connectivity index (χ3v) is 1.46. The van der Waals surface area contributed by atoms with E-state index in [0.717, 1.165) is 6.07 Å². The molecular formula is C7H5FO2S. The molecule has 1 N–H and O–H groups in total. The Kier molecular flexibility index (Phi) is 2.14. The highest BCUT2D eigenvalue weighted by Gasteiger charge is 2.06. The van der Waals surface area contributed by atoms with Crippen LogP contribution in [-0.4, -0.2) is 11.4 Å². The summed E-state index contributed by atoms with van der Waals surface area (Å²) < 4.78 is 12.6. The van der Waals surface area contributed by atoms with Crippen LogP contribution in [0.15, 0.2) is 17.0 Å². The topological polar surface area (TPSA) is 37.3 Å². The molecular weight excluding hydrogens is 167 g/mol. The van der Waals surface area contributed by atoms with E-state index in [1.807, 2.05) is 0 Å². The molecule has 0 aromatic heterocycles. The van der Waals surface area contributed by atoms with Crippen LogP contribution in [0.4, 0.5) is 4.39 Å². The van der Waals surface area contributed by atoms with Gasteiger partial charge in [-0.3, -0.25) is 4.79 Å². The monoisotopic (exact) mass is 172 g/mol. The molecule has 0 amide bonds. The lowest BCUT2D eigenvalue weighted by atomic mass is 10.2. The minimum Gasteiger partial charge on any atom is -0.504 e. The first-order chi connectivity index (χ1) is 5.15. The second kappa shape index (κ2) is 2.92. The number of halogens is 1. The Labute approximate surface area is 68.1 Å². The molecule has 0 heterocycles. The predicted octanol–water partition coefficient (Wildman–Crippen LogP) is 1.63. The van der Waals surface area contributed by atoms with Crippen LogP contribution in [0.3, 0.4) is 0 Å². The molecule has 0 radical (unpaired) electrons. The van der Waals surface area contributed by atoms with Crippen LogP contribution in [0, 0.1) is 5.82 Å². The van der Waals surface area contributed by atoms with Crippen molar-refractivity contribution in [3.8, 4) is 5.75 Å². The molecule has 0 aliphatic carbocycles. The number of rotatable bonds is 1. The maximum atomic E-state index is 12.6. The van der Waals surface area contributed by atoms with Gasteiger partial charge in [0.15, 0.2) is 17.9 Å². The highest BCUT2D eigenvalue weighted by molar-refractivity contribution is 7.80. The molecule has 58 valence electrons. The number of carbonyl (C=O) groups is 1. The summed E-state index contributed by atoms with van der Waals surface area (Å²) in [6.45, 7) is 0. The highest BCUT2D eigenvalue weighted by Crippen LogP contribution is 2.22. The van der Waals surface area contributed by atoms with E-state index >= 15 is 0 Å². The SMILES string of the molecule is O=Cc1cc(S)cc(F)c1O. The molecule has 0 aliphatic heterocycles. The maximum Gasteiger partial charge on any atom is 0.166 e. The molecule has 1 aromatic carbocycles. The van der Waals surface area contributed by atoms with Crippen molar-refractivity contribution in [3.63, 3.8) is 0 Å². The number of hydrogen-bond acceptors (Lipinski definition) is 3. The maximum absolute atomic E-state index is 12.6. The van der Waals surface area contributed by atoms with Crippen molar-refractivity contribution < 1.29 is 14.3 Å². The van der Waals surface area contributed by atoms with Crippen molar-refractivity contribution in [3.05, 3.63) is 23.5 Å². The second-order valence-electron chi connectivity index (χ2n) is 1.98. The van der Waals surface area contributed by atoms with Crippen LogP contribution in [0.1, 0.15) is 10.4 Å². The Hall–Kier alpha value is -1.03. The quantitative estimate of drug-likeness (QED) is 0.499. The highest BCUT2D eigenvalue weighted by atomic mass is 32.1. The van der Waals surface area contributed by atoms with Crippen molar-refractivity contribution in [1.29, 1.82) is 0 Å². The molecule has 0 aliphatic rings. The third kappa shape index (κ3) is 1.51. The fourth-order valence-electron chi connectivity index (χ4n) is 0.695. The van der Waals surface area contributed by atoms with Gasteiger partial charge >= 0.3 is 0 Å². The van der Waals surface area contributed by atoms with Crippen LogP contribution in [0.2, 0.25) is 0 Å². The number of carbonyl (C=O) groups excluding carboxylic acids is 1. The minimum atomic E-state index is -0.834. The summed E-state index contributed by atoms with van der Waals surface area (Å²) in [4.78, 5) is 10.5. The molecule has 0 unspecified atom stereocenters. The molecule has 1 aromatic rings. The minimum absolute atomic E-state index is 0.0880. The zero-order chi connectivity index (χ0) is 8.43. The van der Waals surface area contributed by atoms with Crippen molar-refractivity contribution in [1.82, 2.24) is 0 Å². The van der Waals surface area contributed by atoms with E-state index in [4.69, 9.17) is 5.11 Å². The largest absolute Gasteiger partial charge is 0.504 e. The Bertz CT molecular complexity index is 299. The second-order valence-corrected chi connectivity index (χ2v) is 2.50. The Morgan fingerprint density at radius 2 is 2.18 bits per heavy atom. The van der Waals surface area contributed by atoms with E-state index in [-0.39, 0.29) is 5.56 Å². The third-order valence-electron chi connectivity index (χ3n) is 1.20. The average Bonchev–Trinajstić information content (AvgIpc) is 1.96. The smallest absolute Gasteiger partial charge is 0.166 e. The molecule has 2 nitrogen and oxygen atoms in total. The van der Waals surface area contributed by atoms with E-state index in [2.05, 4.69) is 12.6 Å². The molecule has 11 heavy (non-hydrogen) atoms. The van der Waals surface area contributed by atoms with Gasteiger partial charge in [-0.15, -0.1) is 12.6 Å². The summed E-state index contributed by atoms with van der Waals surface area (Å²) in [5.74, 6) is -1.46. The molecule has 0 fully saturated rings. The summed E-state index contributed by atoms with van der Waals surface area (Å²) in [6.07, 6.45) is 0.373. The summed E-state index contributed by atoms with van der Waals surface area (Å²) in [7, 11) is 0. The lowest BCUT2D eigenvalue weighted by molar-refractivity contribution is 0.112. The number of hydrogen-bond donors (Lipinski definition) is 2. The molecule has 0 saturated heterocycles. The first kappa shape index (κ1) is 8.07. The van der Waals surface area contributed by atoms with Gasteiger partial charge in [0.1, 0.15) is 0 Å². The lowest BCUT2D eigenvalue weighted by Crippen LogP contribution is -1.85. The first-order valence-corrected chi connectivity index (χ1v) is 3.26. The van der Waals surface area contributed by atoms with E-state index in [1.54, 1.807) is 0 Å². The number of phenolic OH excluding ortho intramolecular Hbond substituents is 1. The van der Waals surface area contributed by atoms with Gasteiger partial charge in [-0.1, -0.05) is 0 Å². The molecule has 0 spiro atoms. The van der Waals surface area contributed by atoms with Crippen LogP contribution < -0.4 is 0 Å².